The van der Waals surface area contributed by atoms with E-state index in [0.717, 1.165) is 6.07 Å². The number of nitrogens with one attached hydrogen (secondary N) is 1. The summed E-state index contributed by atoms with van der Waals surface area (Å²) in [5.41, 5.74) is 3.07. The van der Waals surface area contributed by atoms with Crippen molar-refractivity contribution in [3.05, 3.63) is 23.2 Å². The average molecular weight is 291 g/mol. The number of hydrogen-bond donors (Lipinski definition) is 2. The van der Waals surface area contributed by atoms with Gasteiger partial charge in [-0.1, -0.05) is 11.6 Å². The van der Waals surface area contributed by atoms with E-state index in [9.17, 15) is 13.2 Å². The van der Waals surface area contributed by atoms with E-state index in [4.69, 9.17) is 16.2 Å². The topological polar surface area (TPSA) is 86.7 Å². The number of rotatable bonds is 2. The van der Waals surface area contributed by atoms with Gasteiger partial charge in [-0.05, 0) is 25.1 Å². The maximum atomic E-state index is 11.7. The molecule has 0 radical (unpaired) electrons. The zero-order valence-corrected chi connectivity index (χ0v) is 11.0. The molecule has 2 N–H and O–H groups in total. The van der Waals surface area contributed by atoms with Gasteiger partial charge in [0.15, 0.2) is 0 Å². The predicted octanol–water partition coefficient (Wildman–Crippen LogP) is 1.22. The molecule has 8 heteroatoms. The van der Waals surface area contributed by atoms with Crippen LogP contribution < -0.4 is 10.4 Å². The highest BCUT2D eigenvalue weighted by atomic mass is 35.5. The Hall–Kier alpha value is -1.15. The van der Waals surface area contributed by atoms with Gasteiger partial charge in [0.05, 0.1) is 15.6 Å². The number of halogens is 1. The fourth-order valence-electron chi connectivity index (χ4n) is 1.72. The van der Waals surface area contributed by atoms with Gasteiger partial charge >= 0.3 is 0 Å². The molecule has 0 saturated carbocycles. The first-order valence-electron chi connectivity index (χ1n) is 5.15. The van der Waals surface area contributed by atoms with E-state index in [-0.39, 0.29) is 27.6 Å². The molecule has 0 aliphatic carbocycles. The molecule has 1 saturated heterocycles. The molecule has 1 atom stereocenters. The van der Waals surface area contributed by atoms with Crippen molar-refractivity contribution >= 4 is 33.3 Å². The van der Waals surface area contributed by atoms with Crippen molar-refractivity contribution in [2.75, 3.05) is 5.01 Å². The first kappa shape index (κ1) is 13.3. The summed E-state index contributed by atoms with van der Waals surface area (Å²) in [6.45, 7) is 1.82. The van der Waals surface area contributed by atoms with Crippen LogP contribution in [0.3, 0.4) is 0 Å². The number of carbonyl (C=O) groups is 1. The quantitative estimate of drug-likeness (QED) is 0.800. The lowest BCUT2D eigenvalue weighted by Gasteiger charge is -2.18. The van der Waals surface area contributed by atoms with Crippen molar-refractivity contribution in [1.82, 2.24) is 5.43 Å². The highest BCUT2D eigenvalue weighted by molar-refractivity contribution is 7.85. The molecule has 0 bridgehead atoms. The Morgan fingerprint density at radius 3 is 2.67 bits per heavy atom. The van der Waals surface area contributed by atoms with Crippen molar-refractivity contribution in [3.63, 3.8) is 0 Å². The molecule has 1 amide bonds. The summed E-state index contributed by atoms with van der Waals surface area (Å²) in [5.74, 6) is -0.211. The monoisotopic (exact) mass is 290 g/mol. The van der Waals surface area contributed by atoms with E-state index in [2.05, 4.69) is 5.43 Å². The Balaban J connectivity index is 2.48. The number of carbonyl (C=O) groups excluding carboxylic acids is 1. The van der Waals surface area contributed by atoms with Gasteiger partial charge in [0.25, 0.3) is 10.1 Å². The second-order valence-corrected chi connectivity index (χ2v) is 5.88. The van der Waals surface area contributed by atoms with Crippen LogP contribution in [0.25, 0.3) is 0 Å². The second-order valence-electron chi connectivity index (χ2n) is 4.05. The van der Waals surface area contributed by atoms with Crippen LogP contribution in [0.5, 0.6) is 0 Å². The van der Waals surface area contributed by atoms with Crippen LogP contribution in [0.15, 0.2) is 23.1 Å². The zero-order chi connectivity index (χ0) is 13.5. The first-order valence-corrected chi connectivity index (χ1v) is 6.97. The third kappa shape index (κ3) is 2.49. The van der Waals surface area contributed by atoms with Crippen LogP contribution in [-0.4, -0.2) is 24.9 Å². The fourth-order valence-corrected chi connectivity index (χ4v) is 2.42. The van der Waals surface area contributed by atoms with E-state index < -0.39 is 10.1 Å². The summed E-state index contributed by atoms with van der Waals surface area (Å²) < 4.78 is 31.1. The molecule has 1 fully saturated rings. The van der Waals surface area contributed by atoms with Crippen LogP contribution in [0.1, 0.15) is 13.3 Å². The van der Waals surface area contributed by atoms with Gasteiger partial charge < -0.3 is 0 Å². The Labute approximate surface area is 109 Å². The number of amides is 1. The molecule has 1 heterocycles. The standard InChI is InChI=1S/C10H11ClN2O4S/c1-6-4-10(14)13(12-6)9-5-7(18(15,16)17)2-3-8(9)11/h2-3,5-6,12H,4H2,1H3,(H,15,16,17). The predicted molar refractivity (Wildman–Crippen MR) is 66.0 cm³/mol. The summed E-state index contributed by atoms with van der Waals surface area (Å²) in [7, 11) is -4.33. The van der Waals surface area contributed by atoms with Gasteiger partial charge in [-0.2, -0.15) is 8.42 Å². The normalized spacial score (nSPS) is 20.5. The summed E-state index contributed by atoms with van der Waals surface area (Å²) >= 11 is 5.93. The second kappa shape index (κ2) is 4.51. The Bertz CT molecular complexity index is 602. The molecule has 1 aliphatic heterocycles. The maximum absolute atomic E-state index is 11.7. The average Bonchev–Trinajstić information content (AvgIpc) is 2.56. The van der Waals surface area contributed by atoms with E-state index >= 15 is 0 Å². The SMILES string of the molecule is CC1CC(=O)N(c2cc(S(=O)(=O)O)ccc2Cl)N1. The maximum Gasteiger partial charge on any atom is 0.294 e. The van der Waals surface area contributed by atoms with Crippen molar-refractivity contribution in [1.29, 1.82) is 0 Å². The number of anilines is 1. The van der Waals surface area contributed by atoms with E-state index in [0.29, 0.717) is 6.42 Å². The van der Waals surface area contributed by atoms with Crippen molar-refractivity contribution in [3.8, 4) is 0 Å². The van der Waals surface area contributed by atoms with E-state index in [1.165, 1.54) is 17.1 Å². The lowest BCUT2D eigenvalue weighted by Crippen LogP contribution is -2.36. The van der Waals surface area contributed by atoms with Crippen LogP contribution in [0, 0.1) is 0 Å². The number of benzene rings is 1. The molecule has 0 spiro atoms. The minimum absolute atomic E-state index is 0.0528. The number of hydrogen-bond acceptors (Lipinski definition) is 4. The van der Waals surface area contributed by atoms with Gasteiger partial charge in [0, 0.05) is 12.5 Å². The molecule has 1 aliphatic rings. The van der Waals surface area contributed by atoms with Crippen molar-refractivity contribution in [2.45, 2.75) is 24.3 Å². The smallest absolute Gasteiger partial charge is 0.282 e. The Morgan fingerprint density at radius 2 is 2.17 bits per heavy atom. The number of hydrazine groups is 1. The first-order chi connectivity index (χ1) is 8.29. The van der Waals surface area contributed by atoms with Crippen molar-refractivity contribution < 1.29 is 17.8 Å². The highest BCUT2D eigenvalue weighted by Gasteiger charge is 2.29. The molecule has 1 aromatic carbocycles. The third-order valence-corrected chi connectivity index (χ3v) is 3.71. The molecular formula is C10H11ClN2O4S. The number of nitrogens with zero attached hydrogens (tertiary/aromatic N) is 1. The molecule has 6 nitrogen and oxygen atoms in total. The van der Waals surface area contributed by atoms with Gasteiger partial charge in [-0.15, -0.1) is 0 Å². The van der Waals surface area contributed by atoms with E-state index in [1.54, 1.807) is 0 Å². The van der Waals surface area contributed by atoms with Gasteiger partial charge in [-0.25, -0.2) is 10.4 Å². The zero-order valence-electron chi connectivity index (χ0n) is 9.42. The van der Waals surface area contributed by atoms with Gasteiger partial charge in [0.1, 0.15) is 0 Å². The molecular weight excluding hydrogens is 280 g/mol. The van der Waals surface area contributed by atoms with Crippen LogP contribution >= 0.6 is 11.6 Å². The van der Waals surface area contributed by atoms with Crippen LogP contribution in [0.4, 0.5) is 5.69 Å². The summed E-state index contributed by atoms with van der Waals surface area (Å²) in [6.07, 6.45) is 0.298. The third-order valence-electron chi connectivity index (χ3n) is 2.54. The van der Waals surface area contributed by atoms with Crippen LogP contribution in [-0.2, 0) is 14.9 Å². The molecule has 1 unspecified atom stereocenters. The highest BCUT2D eigenvalue weighted by Crippen LogP contribution is 2.30. The summed E-state index contributed by atoms with van der Waals surface area (Å²) in [4.78, 5) is 11.4. The molecule has 18 heavy (non-hydrogen) atoms. The van der Waals surface area contributed by atoms with Gasteiger partial charge in [0.2, 0.25) is 5.91 Å². The van der Waals surface area contributed by atoms with E-state index in [1.807, 2.05) is 6.92 Å². The van der Waals surface area contributed by atoms with Crippen LogP contribution in [0.2, 0.25) is 5.02 Å². The Kier molecular flexibility index (Phi) is 3.33. The minimum Gasteiger partial charge on any atom is -0.282 e. The lowest BCUT2D eigenvalue weighted by molar-refractivity contribution is -0.117. The van der Waals surface area contributed by atoms with Gasteiger partial charge in [-0.3, -0.25) is 9.35 Å². The molecule has 0 aromatic heterocycles. The molecule has 2 rings (SSSR count). The fraction of sp³-hybridized carbons (Fsp3) is 0.300. The Morgan fingerprint density at radius 1 is 1.50 bits per heavy atom. The summed E-state index contributed by atoms with van der Waals surface area (Å²) in [6, 6.07) is 3.59. The lowest BCUT2D eigenvalue weighted by atomic mass is 10.2. The minimum atomic E-state index is -4.33. The summed E-state index contributed by atoms with van der Waals surface area (Å²) in [5, 5.41) is 1.42. The molecule has 1 aromatic rings. The molecule has 98 valence electrons. The van der Waals surface area contributed by atoms with Crippen molar-refractivity contribution in [2.24, 2.45) is 0 Å². The largest absolute Gasteiger partial charge is 0.294 e.